The van der Waals surface area contributed by atoms with Crippen LogP contribution in [0.3, 0.4) is 0 Å². The van der Waals surface area contributed by atoms with Crippen molar-refractivity contribution in [3.63, 3.8) is 0 Å². The predicted molar refractivity (Wildman–Crippen MR) is 141 cm³/mol. The highest BCUT2D eigenvalue weighted by atomic mass is 32.2. The maximum atomic E-state index is 13.2. The molecule has 0 saturated carbocycles. The number of methoxy groups -OCH3 is 2. The zero-order valence-electron chi connectivity index (χ0n) is 22.3. The quantitative estimate of drug-likeness (QED) is 0.527. The fourth-order valence-electron chi connectivity index (χ4n) is 4.85. The van der Waals surface area contributed by atoms with Gasteiger partial charge < -0.3 is 19.1 Å². The maximum Gasteiger partial charge on any atom is 0.410 e. The number of sulfonamides is 1. The molecule has 2 saturated heterocycles. The number of rotatable bonds is 7. The minimum atomic E-state index is -3.68. The number of ether oxygens (including phenoxy) is 3. The van der Waals surface area contributed by atoms with Gasteiger partial charge in [0.05, 0.1) is 32.6 Å². The lowest BCUT2D eigenvalue weighted by Gasteiger charge is -2.33. The summed E-state index contributed by atoms with van der Waals surface area (Å²) in [6, 6.07) is 12.7. The van der Waals surface area contributed by atoms with Crippen LogP contribution in [0.15, 0.2) is 42.5 Å². The number of hydrogen-bond donors (Lipinski definition) is 0. The molecule has 0 aliphatic carbocycles. The van der Waals surface area contributed by atoms with E-state index >= 15 is 0 Å². The van der Waals surface area contributed by atoms with Crippen LogP contribution in [0.5, 0.6) is 5.75 Å². The number of carbonyl (C=O) groups is 2. The summed E-state index contributed by atoms with van der Waals surface area (Å²) >= 11 is 0. The van der Waals surface area contributed by atoms with Gasteiger partial charge in [0, 0.05) is 25.8 Å². The summed E-state index contributed by atoms with van der Waals surface area (Å²) in [5, 5.41) is 0. The van der Waals surface area contributed by atoms with Gasteiger partial charge in [0.25, 0.3) is 5.91 Å². The molecular formula is C27H35N3O7S. The molecule has 2 aromatic carbocycles. The molecule has 11 heteroatoms. The van der Waals surface area contributed by atoms with E-state index in [1.54, 1.807) is 36.3 Å². The smallest absolute Gasteiger partial charge is 0.410 e. The SMILES string of the molecule is COC(=O)N1CCCN(S(=O)(=O)Cc2cccc(OC3CN(C(=O)c4cc(C)ccc4C)CC3OC)c2)C1. The molecule has 2 aromatic rings. The second-order valence-electron chi connectivity index (χ2n) is 9.77. The molecular weight excluding hydrogens is 510 g/mol. The molecule has 2 heterocycles. The summed E-state index contributed by atoms with van der Waals surface area (Å²) in [5.41, 5.74) is 3.16. The van der Waals surface area contributed by atoms with E-state index in [2.05, 4.69) is 0 Å². The van der Waals surface area contributed by atoms with Crippen LogP contribution in [0, 0.1) is 13.8 Å². The number of amides is 2. The molecule has 0 bridgehead atoms. The van der Waals surface area contributed by atoms with Crippen molar-refractivity contribution in [3.8, 4) is 5.75 Å². The third-order valence-electron chi connectivity index (χ3n) is 6.95. The summed E-state index contributed by atoms with van der Waals surface area (Å²) in [7, 11) is -0.812. The molecule has 2 unspecified atom stereocenters. The number of carbonyl (C=O) groups excluding carboxylic acids is 2. The lowest BCUT2D eigenvalue weighted by atomic mass is 10.0. The molecule has 206 valence electrons. The van der Waals surface area contributed by atoms with Gasteiger partial charge in [0.1, 0.15) is 18.0 Å². The Hall–Kier alpha value is -3.15. The number of nitrogens with zero attached hydrogens (tertiary/aromatic N) is 3. The van der Waals surface area contributed by atoms with Crippen LogP contribution >= 0.6 is 0 Å². The standard InChI is InChI=1S/C27H35N3O7S/c1-19-9-10-20(2)23(13-19)26(31)29-15-24(35-3)25(16-29)37-22-8-5-7-21(14-22)17-38(33,34)30-12-6-11-28(18-30)27(32)36-4/h5,7-10,13-14,24-25H,6,11-12,15-18H2,1-4H3. The van der Waals surface area contributed by atoms with Gasteiger partial charge in [-0.3, -0.25) is 9.69 Å². The largest absolute Gasteiger partial charge is 0.486 e. The minimum Gasteiger partial charge on any atom is -0.486 e. The number of likely N-dealkylation sites (tertiary alicyclic amines) is 1. The summed E-state index contributed by atoms with van der Waals surface area (Å²) in [6.45, 7) is 5.38. The van der Waals surface area contributed by atoms with Crippen molar-refractivity contribution in [2.75, 3.05) is 47.1 Å². The van der Waals surface area contributed by atoms with Crippen molar-refractivity contribution < 1.29 is 32.2 Å². The van der Waals surface area contributed by atoms with Gasteiger partial charge in [-0.25, -0.2) is 13.2 Å². The third-order valence-corrected chi connectivity index (χ3v) is 8.74. The summed E-state index contributed by atoms with van der Waals surface area (Å²) in [5.74, 6) is 0.205. The number of hydrogen-bond acceptors (Lipinski definition) is 7. The van der Waals surface area contributed by atoms with Crippen LogP contribution in [0.4, 0.5) is 4.79 Å². The van der Waals surface area contributed by atoms with Crippen molar-refractivity contribution in [2.24, 2.45) is 0 Å². The predicted octanol–water partition coefficient (Wildman–Crippen LogP) is 2.78. The van der Waals surface area contributed by atoms with E-state index in [0.29, 0.717) is 49.5 Å². The van der Waals surface area contributed by atoms with E-state index in [4.69, 9.17) is 14.2 Å². The van der Waals surface area contributed by atoms with Gasteiger partial charge >= 0.3 is 6.09 Å². The van der Waals surface area contributed by atoms with Crippen molar-refractivity contribution in [3.05, 3.63) is 64.7 Å². The molecule has 0 spiro atoms. The Morgan fingerprint density at radius 1 is 0.974 bits per heavy atom. The molecule has 0 radical (unpaired) electrons. The van der Waals surface area contributed by atoms with Crippen LogP contribution in [0.1, 0.15) is 33.5 Å². The van der Waals surface area contributed by atoms with Gasteiger partial charge in [-0.15, -0.1) is 0 Å². The van der Waals surface area contributed by atoms with Crippen LogP contribution in [-0.4, -0.2) is 93.8 Å². The number of benzene rings is 2. The fraction of sp³-hybridized carbons (Fsp3) is 0.481. The molecule has 38 heavy (non-hydrogen) atoms. The maximum absolute atomic E-state index is 13.2. The Bertz CT molecular complexity index is 1280. The second-order valence-corrected chi connectivity index (χ2v) is 11.7. The first-order valence-corrected chi connectivity index (χ1v) is 14.2. The molecule has 10 nitrogen and oxygen atoms in total. The van der Waals surface area contributed by atoms with Crippen LogP contribution in [0.2, 0.25) is 0 Å². The van der Waals surface area contributed by atoms with Gasteiger partial charge in [0.2, 0.25) is 10.0 Å². The van der Waals surface area contributed by atoms with E-state index in [-0.39, 0.29) is 24.4 Å². The van der Waals surface area contributed by atoms with Crippen LogP contribution in [-0.2, 0) is 25.2 Å². The number of aryl methyl sites for hydroxylation is 2. The highest BCUT2D eigenvalue weighted by Crippen LogP contribution is 2.25. The van der Waals surface area contributed by atoms with Crippen LogP contribution in [0.25, 0.3) is 0 Å². The van der Waals surface area contributed by atoms with Crippen molar-refractivity contribution >= 4 is 22.0 Å². The summed E-state index contributed by atoms with van der Waals surface area (Å²) in [4.78, 5) is 28.2. The molecule has 2 aliphatic rings. The molecule has 0 N–H and O–H groups in total. The first kappa shape index (κ1) is 27.9. The highest BCUT2D eigenvalue weighted by Gasteiger charge is 2.38. The van der Waals surface area contributed by atoms with Crippen molar-refractivity contribution in [1.29, 1.82) is 0 Å². The Morgan fingerprint density at radius 3 is 2.47 bits per heavy atom. The molecule has 2 amide bonds. The Labute approximate surface area is 224 Å². The summed E-state index contributed by atoms with van der Waals surface area (Å²) < 4.78 is 44.1. The van der Waals surface area contributed by atoms with E-state index in [9.17, 15) is 18.0 Å². The van der Waals surface area contributed by atoms with Gasteiger partial charge in [-0.1, -0.05) is 29.8 Å². The van der Waals surface area contributed by atoms with Crippen molar-refractivity contribution in [2.45, 2.75) is 38.2 Å². The normalized spacial score (nSPS) is 20.4. The Morgan fingerprint density at radius 2 is 1.74 bits per heavy atom. The average molecular weight is 546 g/mol. The zero-order chi connectivity index (χ0) is 27.4. The molecule has 0 aromatic heterocycles. The molecule has 2 fully saturated rings. The molecule has 4 rings (SSSR count). The van der Waals surface area contributed by atoms with E-state index in [1.807, 2.05) is 32.0 Å². The fourth-order valence-corrected chi connectivity index (χ4v) is 6.35. The van der Waals surface area contributed by atoms with E-state index < -0.39 is 22.2 Å². The molecule has 2 aliphatic heterocycles. The Kier molecular flexibility index (Phi) is 8.59. The highest BCUT2D eigenvalue weighted by molar-refractivity contribution is 7.88. The summed E-state index contributed by atoms with van der Waals surface area (Å²) in [6.07, 6.45) is -0.741. The van der Waals surface area contributed by atoms with Gasteiger partial charge in [-0.05, 0) is 49.6 Å². The minimum absolute atomic E-state index is 0.0347. The van der Waals surface area contributed by atoms with Crippen molar-refractivity contribution in [1.82, 2.24) is 14.1 Å². The lowest BCUT2D eigenvalue weighted by molar-refractivity contribution is 0.0339. The van der Waals surface area contributed by atoms with Crippen LogP contribution < -0.4 is 4.74 Å². The lowest BCUT2D eigenvalue weighted by Crippen LogP contribution is -2.49. The van der Waals surface area contributed by atoms with Gasteiger partial charge in [-0.2, -0.15) is 4.31 Å². The first-order valence-electron chi connectivity index (χ1n) is 12.6. The van der Waals surface area contributed by atoms with E-state index in [1.165, 1.54) is 16.3 Å². The first-order chi connectivity index (χ1) is 18.1. The topological polar surface area (TPSA) is 106 Å². The third kappa shape index (κ3) is 6.28. The van der Waals surface area contributed by atoms with Gasteiger partial charge in [0.15, 0.2) is 0 Å². The monoisotopic (exact) mass is 545 g/mol. The molecule has 2 atom stereocenters. The zero-order valence-corrected chi connectivity index (χ0v) is 23.1. The average Bonchev–Trinajstić information content (AvgIpc) is 3.32. The Balaban J connectivity index is 1.43. The second kappa shape index (κ2) is 11.7. The van der Waals surface area contributed by atoms with E-state index in [0.717, 1.165) is 11.1 Å².